The zero-order valence-corrected chi connectivity index (χ0v) is 13.5. The van der Waals surface area contributed by atoms with Gasteiger partial charge in [0.05, 0.1) is 19.0 Å². The van der Waals surface area contributed by atoms with Gasteiger partial charge in [0.15, 0.2) is 6.10 Å². The Morgan fingerprint density at radius 2 is 2.14 bits per heavy atom. The molecule has 2 saturated heterocycles. The first kappa shape index (κ1) is 17.1. The van der Waals surface area contributed by atoms with Crippen LogP contribution in [0.2, 0.25) is 0 Å². The standard InChI is InChI=1S/C14H22N2O5S/c1-2-3-4-12(17)16-9-22-8-10(16)13(18)15-5-6-21-11(7-15)14(19)20/h10-11H,2-9H2,1H3,(H,19,20). The summed E-state index contributed by atoms with van der Waals surface area (Å²) in [4.78, 5) is 39.0. The number of morpholine rings is 1. The molecule has 124 valence electrons. The Bertz CT molecular complexity index is 445. The summed E-state index contributed by atoms with van der Waals surface area (Å²) in [6.45, 7) is 2.66. The molecule has 0 aromatic heterocycles. The Kier molecular flexibility index (Phi) is 6.07. The van der Waals surface area contributed by atoms with E-state index in [1.807, 2.05) is 6.92 Å². The number of carbonyl (C=O) groups is 3. The first-order chi connectivity index (χ1) is 10.5. The monoisotopic (exact) mass is 330 g/mol. The molecule has 2 rings (SSSR count). The van der Waals surface area contributed by atoms with Crippen molar-refractivity contribution in [2.24, 2.45) is 0 Å². The van der Waals surface area contributed by atoms with E-state index in [-0.39, 0.29) is 25.0 Å². The Labute approximate surface area is 134 Å². The van der Waals surface area contributed by atoms with E-state index in [0.717, 1.165) is 12.8 Å². The molecular weight excluding hydrogens is 308 g/mol. The van der Waals surface area contributed by atoms with Crippen molar-refractivity contribution in [2.45, 2.75) is 38.3 Å². The molecule has 2 heterocycles. The van der Waals surface area contributed by atoms with E-state index < -0.39 is 18.1 Å². The lowest BCUT2D eigenvalue weighted by molar-refractivity contribution is -0.161. The third-order valence-corrected chi connectivity index (χ3v) is 4.90. The molecule has 2 atom stereocenters. The fraction of sp³-hybridized carbons (Fsp3) is 0.786. The van der Waals surface area contributed by atoms with Gasteiger partial charge in [0, 0.05) is 18.7 Å². The van der Waals surface area contributed by atoms with Gasteiger partial charge < -0.3 is 19.6 Å². The van der Waals surface area contributed by atoms with E-state index in [2.05, 4.69) is 0 Å². The third-order valence-electron chi connectivity index (χ3n) is 3.89. The molecule has 0 spiro atoms. The maximum atomic E-state index is 12.6. The minimum absolute atomic E-state index is 0.00763. The lowest BCUT2D eigenvalue weighted by atomic mass is 10.1. The van der Waals surface area contributed by atoms with Crippen molar-refractivity contribution in [1.29, 1.82) is 0 Å². The first-order valence-corrected chi connectivity index (χ1v) is 8.70. The average molecular weight is 330 g/mol. The van der Waals surface area contributed by atoms with E-state index in [1.165, 1.54) is 4.90 Å². The van der Waals surface area contributed by atoms with Crippen molar-refractivity contribution >= 4 is 29.5 Å². The number of hydrogen-bond acceptors (Lipinski definition) is 5. The number of ether oxygens (including phenoxy) is 1. The van der Waals surface area contributed by atoms with Crippen molar-refractivity contribution in [3.05, 3.63) is 0 Å². The maximum absolute atomic E-state index is 12.6. The summed E-state index contributed by atoms with van der Waals surface area (Å²) in [7, 11) is 0. The number of aliphatic carboxylic acids is 1. The quantitative estimate of drug-likeness (QED) is 0.785. The highest BCUT2D eigenvalue weighted by Crippen LogP contribution is 2.24. The highest BCUT2D eigenvalue weighted by molar-refractivity contribution is 7.99. The number of carbonyl (C=O) groups excluding carboxylic acids is 2. The van der Waals surface area contributed by atoms with Crippen LogP contribution in [0.1, 0.15) is 26.2 Å². The van der Waals surface area contributed by atoms with Crippen molar-refractivity contribution in [1.82, 2.24) is 9.80 Å². The molecule has 2 fully saturated rings. The lowest BCUT2D eigenvalue weighted by Crippen LogP contribution is -2.55. The molecule has 0 aromatic carbocycles. The van der Waals surface area contributed by atoms with Gasteiger partial charge in [-0.2, -0.15) is 0 Å². The molecule has 2 amide bonds. The number of thioether (sulfide) groups is 1. The summed E-state index contributed by atoms with van der Waals surface area (Å²) in [5, 5.41) is 9.01. The molecule has 7 nitrogen and oxygen atoms in total. The minimum Gasteiger partial charge on any atom is -0.479 e. The largest absolute Gasteiger partial charge is 0.479 e. The van der Waals surface area contributed by atoms with E-state index in [0.29, 0.717) is 24.6 Å². The van der Waals surface area contributed by atoms with Gasteiger partial charge in [-0.1, -0.05) is 13.3 Å². The summed E-state index contributed by atoms with van der Waals surface area (Å²) >= 11 is 1.56. The molecule has 22 heavy (non-hydrogen) atoms. The predicted octanol–water partition coefficient (Wildman–Crippen LogP) is 0.390. The molecule has 0 aromatic rings. The topological polar surface area (TPSA) is 87.2 Å². The second-order valence-corrected chi connectivity index (χ2v) is 6.46. The number of carboxylic acids is 1. The van der Waals surface area contributed by atoms with Crippen LogP contribution in [0.4, 0.5) is 0 Å². The zero-order chi connectivity index (χ0) is 16.1. The summed E-state index contributed by atoms with van der Waals surface area (Å²) in [6, 6.07) is -0.470. The molecule has 1 N–H and O–H groups in total. The number of unbranched alkanes of at least 4 members (excludes halogenated alkanes) is 1. The van der Waals surface area contributed by atoms with Crippen molar-refractivity contribution < 1.29 is 24.2 Å². The van der Waals surface area contributed by atoms with Crippen LogP contribution in [0.3, 0.4) is 0 Å². The van der Waals surface area contributed by atoms with Crippen LogP contribution in [0.5, 0.6) is 0 Å². The third kappa shape index (κ3) is 3.92. The Balaban J connectivity index is 1.98. The Hall–Kier alpha value is -1.28. The van der Waals surface area contributed by atoms with Crippen molar-refractivity contribution in [3.8, 4) is 0 Å². The zero-order valence-electron chi connectivity index (χ0n) is 12.7. The van der Waals surface area contributed by atoms with Crippen LogP contribution in [-0.2, 0) is 19.1 Å². The van der Waals surface area contributed by atoms with Gasteiger partial charge >= 0.3 is 5.97 Å². The summed E-state index contributed by atoms with van der Waals surface area (Å²) in [6.07, 6.45) is 1.24. The molecular formula is C14H22N2O5S. The second kappa shape index (κ2) is 7.82. The Morgan fingerprint density at radius 1 is 1.36 bits per heavy atom. The molecule has 0 bridgehead atoms. The van der Waals surface area contributed by atoms with Crippen LogP contribution in [0.25, 0.3) is 0 Å². The molecule has 2 aliphatic heterocycles. The van der Waals surface area contributed by atoms with E-state index in [1.54, 1.807) is 16.7 Å². The van der Waals surface area contributed by atoms with Crippen LogP contribution in [0.15, 0.2) is 0 Å². The predicted molar refractivity (Wildman–Crippen MR) is 81.4 cm³/mol. The van der Waals surface area contributed by atoms with Gasteiger partial charge in [0.1, 0.15) is 6.04 Å². The van der Waals surface area contributed by atoms with Gasteiger partial charge in [-0.3, -0.25) is 9.59 Å². The molecule has 0 saturated carbocycles. The van der Waals surface area contributed by atoms with E-state index in [4.69, 9.17) is 9.84 Å². The number of hydrogen-bond donors (Lipinski definition) is 1. The first-order valence-electron chi connectivity index (χ1n) is 7.55. The highest BCUT2D eigenvalue weighted by Gasteiger charge is 2.39. The number of nitrogens with zero attached hydrogens (tertiary/aromatic N) is 2. The van der Waals surface area contributed by atoms with Crippen molar-refractivity contribution in [3.63, 3.8) is 0 Å². The van der Waals surface area contributed by atoms with Crippen LogP contribution in [0, 0.1) is 0 Å². The normalized spacial score (nSPS) is 25.3. The smallest absolute Gasteiger partial charge is 0.334 e. The lowest BCUT2D eigenvalue weighted by Gasteiger charge is -2.34. The molecule has 0 aliphatic carbocycles. The molecule has 2 aliphatic rings. The number of amides is 2. The SMILES string of the molecule is CCCCC(=O)N1CSCC1C(=O)N1CCOC(C(=O)O)C1. The van der Waals surface area contributed by atoms with Gasteiger partial charge in [-0.25, -0.2) is 4.79 Å². The maximum Gasteiger partial charge on any atom is 0.334 e. The fourth-order valence-corrected chi connectivity index (χ4v) is 3.75. The van der Waals surface area contributed by atoms with Gasteiger partial charge in [0.2, 0.25) is 11.8 Å². The van der Waals surface area contributed by atoms with E-state index in [9.17, 15) is 14.4 Å². The second-order valence-electron chi connectivity index (χ2n) is 5.46. The summed E-state index contributed by atoms with van der Waals surface area (Å²) in [5.74, 6) is -0.107. The molecule has 0 radical (unpaired) electrons. The van der Waals surface area contributed by atoms with Crippen LogP contribution < -0.4 is 0 Å². The molecule has 2 unspecified atom stereocenters. The average Bonchev–Trinajstić information content (AvgIpc) is 3.01. The highest BCUT2D eigenvalue weighted by atomic mass is 32.2. The van der Waals surface area contributed by atoms with E-state index >= 15 is 0 Å². The van der Waals surface area contributed by atoms with Crippen molar-refractivity contribution in [2.75, 3.05) is 31.3 Å². The number of carboxylic acid groups (broad SMARTS) is 1. The Morgan fingerprint density at radius 3 is 2.82 bits per heavy atom. The summed E-state index contributed by atoms with van der Waals surface area (Å²) in [5.41, 5.74) is 0. The van der Waals surface area contributed by atoms with Gasteiger partial charge in [-0.15, -0.1) is 11.8 Å². The summed E-state index contributed by atoms with van der Waals surface area (Å²) < 4.78 is 5.13. The molecule has 8 heteroatoms. The van der Waals surface area contributed by atoms with Gasteiger partial charge in [0.25, 0.3) is 0 Å². The van der Waals surface area contributed by atoms with Crippen LogP contribution >= 0.6 is 11.8 Å². The van der Waals surface area contributed by atoms with Crippen LogP contribution in [-0.4, -0.2) is 76.2 Å². The van der Waals surface area contributed by atoms with Gasteiger partial charge in [-0.05, 0) is 6.42 Å². The fourth-order valence-electron chi connectivity index (χ4n) is 2.57. The minimum atomic E-state index is -1.06. The number of rotatable bonds is 5.